The Kier molecular flexibility index (Phi) is 5.83. The number of anilines is 1. The fraction of sp³-hybridized carbons (Fsp3) is 0.211. The predicted octanol–water partition coefficient (Wildman–Crippen LogP) is 4.09. The molecule has 0 aliphatic heterocycles. The van der Waals surface area contributed by atoms with Crippen LogP contribution in [0, 0.1) is 0 Å². The second kappa shape index (κ2) is 8.47. The van der Waals surface area contributed by atoms with Crippen LogP contribution in [0.4, 0.5) is 19.3 Å². The molecule has 0 radical (unpaired) electrons. The van der Waals surface area contributed by atoms with Crippen LogP contribution in [-0.4, -0.2) is 39.4 Å². The largest absolute Gasteiger partial charge is 0.435 e. The summed E-state index contributed by atoms with van der Waals surface area (Å²) in [5.41, 5.74) is 2.15. The first-order valence-electron chi connectivity index (χ1n) is 8.47. The fourth-order valence-electron chi connectivity index (χ4n) is 2.61. The van der Waals surface area contributed by atoms with Crippen molar-refractivity contribution in [2.75, 3.05) is 12.4 Å². The fourth-order valence-corrected chi connectivity index (χ4v) is 2.61. The molecule has 1 atom stereocenters. The summed E-state index contributed by atoms with van der Waals surface area (Å²) in [5.74, 6) is -0.0211. The molecule has 7 nitrogen and oxygen atoms in total. The molecule has 2 aromatic carbocycles. The Balaban J connectivity index is 1.65. The summed E-state index contributed by atoms with van der Waals surface area (Å²) in [6.07, 6.45) is 3.06. The molecule has 3 aromatic rings. The maximum absolute atomic E-state index is 12.5. The molecule has 0 saturated heterocycles. The van der Waals surface area contributed by atoms with Crippen molar-refractivity contribution in [3.63, 3.8) is 0 Å². The summed E-state index contributed by atoms with van der Waals surface area (Å²) in [7, 11) is 1.66. The maximum Gasteiger partial charge on any atom is 0.387 e. The first kappa shape index (κ1) is 19.3. The van der Waals surface area contributed by atoms with Crippen molar-refractivity contribution in [2.45, 2.75) is 19.6 Å². The third-order valence-corrected chi connectivity index (χ3v) is 4.27. The van der Waals surface area contributed by atoms with Gasteiger partial charge in [-0.2, -0.15) is 13.9 Å². The van der Waals surface area contributed by atoms with Crippen molar-refractivity contribution in [3.05, 3.63) is 66.7 Å². The molecule has 146 valence electrons. The van der Waals surface area contributed by atoms with E-state index in [1.165, 1.54) is 29.4 Å². The van der Waals surface area contributed by atoms with Gasteiger partial charge in [-0.25, -0.2) is 14.5 Å². The number of urea groups is 1. The summed E-state index contributed by atoms with van der Waals surface area (Å²) >= 11 is 0. The molecule has 9 heteroatoms. The van der Waals surface area contributed by atoms with Crippen molar-refractivity contribution < 1.29 is 18.3 Å². The molecular formula is C19H19F2N5O2. The lowest BCUT2D eigenvalue weighted by Crippen LogP contribution is -2.33. The third kappa shape index (κ3) is 4.61. The number of ether oxygens (including phenoxy) is 1. The minimum Gasteiger partial charge on any atom is -0.435 e. The average Bonchev–Trinajstić information content (AvgIpc) is 3.21. The molecule has 1 aromatic heterocycles. The highest BCUT2D eigenvalue weighted by molar-refractivity contribution is 5.89. The van der Waals surface area contributed by atoms with Crippen molar-refractivity contribution in [2.24, 2.45) is 0 Å². The van der Waals surface area contributed by atoms with E-state index in [0.29, 0.717) is 5.69 Å². The average molecular weight is 387 g/mol. The summed E-state index contributed by atoms with van der Waals surface area (Å²) in [6, 6.07) is 12.9. The molecule has 1 N–H and O–H groups in total. The van der Waals surface area contributed by atoms with E-state index in [2.05, 4.69) is 20.1 Å². The van der Waals surface area contributed by atoms with Crippen molar-refractivity contribution in [1.29, 1.82) is 0 Å². The Morgan fingerprint density at radius 1 is 1.21 bits per heavy atom. The minimum atomic E-state index is -2.92. The first-order chi connectivity index (χ1) is 13.4. The maximum atomic E-state index is 12.5. The lowest BCUT2D eigenvalue weighted by molar-refractivity contribution is -0.0497. The molecule has 0 aliphatic carbocycles. The number of rotatable bonds is 6. The van der Waals surface area contributed by atoms with Gasteiger partial charge in [-0.3, -0.25) is 0 Å². The smallest absolute Gasteiger partial charge is 0.387 e. The van der Waals surface area contributed by atoms with Gasteiger partial charge in [-0.1, -0.05) is 18.2 Å². The number of carbonyl (C=O) groups is 1. The van der Waals surface area contributed by atoms with Crippen LogP contribution in [0.25, 0.3) is 5.69 Å². The van der Waals surface area contributed by atoms with E-state index in [-0.39, 0.29) is 17.8 Å². The highest BCUT2D eigenvalue weighted by Crippen LogP contribution is 2.23. The van der Waals surface area contributed by atoms with Crippen LogP contribution in [0.2, 0.25) is 0 Å². The van der Waals surface area contributed by atoms with E-state index < -0.39 is 6.61 Å². The van der Waals surface area contributed by atoms with E-state index in [1.807, 2.05) is 31.2 Å². The molecule has 2 amide bonds. The number of nitrogens with zero attached hydrogens (tertiary/aromatic N) is 4. The van der Waals surface area contributed by atoms with Crippen molar-refractivity contribution in [1.82, 2.24) is 19.7 Å². The highest BCUT2D eigenvalue weighted by Gasteiger charge is 2.18. The van der Waals surface area contributed by atoms with Crippen molar-refractivity contribution >= 4 is 11.7 Å². The quantitative estimate of drug-likeness (QED) is 0.691. The van der Waals surface area contributed by atoms with Crippen molar-refractivity contribution in [3.8, 4) is 11.4 Å². The van der Waals surface area contributed by atoms with Gasteiger partial charge < -0.3 is 15.0 Å². The Morgan fingerprint density at radius 3 is 2.61 bits per heavy atom. The second-order valence-electron chi connectivity index (χ2n) is 6.05. The van der Waals surface area contributed by atoms with Gasteiger partial charge in [0.05, 0.1) is 11.7 Å². The number of hydrogen-bond acceptors (Lipinski definition) is 4. The topological polar surface area (TPSA) is 72.3 Å². The number of aromatic nitrogens is 3. The van der Waals surface area contributed by atoms with Gasteiger partial charge in [0.25, 0.3) is 0 Å². The Labute approximate surface area is 160 Å². The van der Waals surface area contributed by atoms with Crippen LogP contribution in [0.5, 0.6) is 5.75 Å². The summed E-state index contributed by atoms with van der Waals surface area (Å²) < 4.78 is 30.6. The summed E-state index contributed by atoms with van der Waals surface area (Å²) in [6.45, 7) is -1.03. The van der Waals surface area contributed by atoms with E-state index in [0.717, 1.165) is 11.3 Å². The zero-order valence-electron chi connectivity index (χ0n) is 15.3. The number of hydrogen-bond donors (Lipinski definition) is 1. The lowest BCUT2D eigenvalue weighted by atomic mass is 10.1. The highest BCUT2D eigenvalue weighted by atomic mass is 19.3. The molecule has 0 fully saturated rings. The summed E-state index contributed by atoms with van der Waals surface area (Å²) in [5, 5.41) is 6.75. The number of alkyl halides is 2. The monoisotopic (exact) mass is 387 g/mol. The summed E-state index contributed by atoms with van der Waals surface area (Å²) in [4.78, 5) is 17.9. The number of carbonyl (C=O) groups excluding carboxylic acids is 1. The van der Waals surface area contributed by atoms with E-state index in [4.69, 9.17) is 0 Å². The molecule has 3 rings (SSSR count). The number of nitrogens with one attached hydrogen (secondary N) is 1. The lowest BCUT2D eigenvalue weighted by Gasteiger charge is -2.26. The normalized spacial score (nSPS) is 11.9. The molecule has 1 heterocycles. The van der Waals surface area contributed by atoms with Gasteiger partial charge in [0.1, 0.15) is 18.4 Å². The van der Waals surface area contributed by atoms with E-state index in [1.54, 1.807) is 24.1 Å². The molecular weight excluding hydrogens is 368 g/mol. The molecule has 0 unspecified atom stereocenters. The van der Waals surface area contributed by atoms with Gasteiger partial charge in [0.15, 0.2) is 0 Å². The van der Waals surface area contributed by atoms with Gasteiger partial charge in [-0.05, 0) is 36.8 Å². The van der Waals surface area contributed by atoms with Crippen LogP contribution < -0.4 is 10.1 Å². The molecule has 0 saturated carbocycles. The second-order valence-corrected chi connectivity index (χ2v) is 6.05. The van der Waals surface area contributed by atoms with Crippen LogP contribution in [0.1, 0.15) is 18.5 Å². The van der Waals surface area contributed by atoms with E-state index in [9.17, 15) is 13.6 Å². The molecule has 28 heavy (non-hydrogen) atoms. The number of halogens is 2. The van der Waals surface area contributed by atoms with Gasteiger partial charge >= 0.3 is 12.6 Å². The zero-order chi connectivity index (χ0) is 20.1. The Bertz CT molecular complexity index is 916. The van der Waals surface area contributed by atoms with Gasteiger partial charge in [0, 0.05) is 18.8 Å². The van der Waals surface area contributed by atoms with E-state index >= 15 is 0 Å². The predicted molar refractivity (Wildman–Crippen MR) is 99.6 cm³/mol. The van der Waals surface area contributed by atoms with Crippen LogP contribution in [0.15, 0.2) is 61.2 Å². The third-order valence-electron chi connectivity index (χ3n) is 4.27. The zero-order valence-corrected chi connectivity index (χ0v) is 15.3. The standard InChI is InChI=1S/C19H19F2N5O2/c1-13(14-6-8-16(9-7-14)26-12-22-11-23-26)25(2)19(27)24-15-4-3-5-17(10-15)28-18(20)21/h3-13,18H,1-2H3,(H,24,27)/t13-/m0/s1. The van der Waals surface area contributed by atoms with Crippen LogP contribution in [-0.2, 0) is 0 Å². The Hall–Kier alpha value is -3.49. The van der Waals surface area contributed by atoms with Crippen LogP contribution in [0.3, 0.4) is 0 Å². The molecule has 0 spiro atoms. The number of amides is 2. The van der Waals surface area contributed by atoms with Crippen LogP contribution >= 0.6 is 0 Å². The molecule has 0 aliphatic rings. The SMILES string of the molecule is C[C@@H](c1ccc(-n2cncn2)cc1)N(C)C(=O)Nc1cccc(OC(F)F)c1. The molecule has 0 bridgehead atoms. The minimum absolute atomic E-state index is 0.0211. The first-order valence-corrected chi connectivity index (χ1v) is 8.47. The van der Waals surface area contributed by atoms with Gasteiger partial charge in [0.2, 0.25) is 0 Å². The van der Waals surface area contributed by atoms with Gasteiger partial charge in [-0.15, -0.1) is 0 Å². The Morgan fingerprint density at radius 2 is 1.96 bits per heavy atom. The number of benzene rings is 2.